The number of hydrogen-bond donors (Lipinski definition) is 1. The largest absolute Gasteiger partial charge is 0.449 e. The maximum absolute atomic E-state index is 12.3. The average Bonchev–Trinajstić information content (AvgIpc) is 2.63. The van der Waals surface area contributed by atoms with Gasteiger partial charge in [-0.05, 0) is 50.2 Å². The molecule has 0 aliphatic carbocycles. The Hall–Kier alpha value is -3.12. The SMILES string of the molecule is Cc1ccc2oc(C(=O)O[C@@H](C)C(=O)Nc3ccc(Cl)cc3)cc(=O)c2c1. The Morgan fingerprint density at radius 3 is 2.52 bits per heavy atom. The Morgan fingerprint density at radius 2 is 1.81 bits per heavy atom. The van der Waals surface area contributed by atoms with Crippen molar-refractivity contribution in [3.63, 3.8) is 0 Å². The van der Waals surface area contributed by atoms with Crippen molar-refractivity contribution in [2.75, 3.05) is 5.32 Å². The molecule has 1 heterocycles. The molecular weight excluding hydrogens is 370 g/mol. The first-order valence-corrected chi connectivity index (χ1v) is 8.53. The van der Waals surface area contributed by atoms with Gasteiger partial charge in [-0.25, -0.2) is 4.79 Å². The minimum Gasteiger partial charge on any atom is -0.449 e. The van der Waals surface area contributed by atoms with Gasteiger partial charge in [0.05, 0.1) is 5.39 Å². The number of carbonyl (C=O) groups is 2. The summed E-state index contributed by atoms with van der Waals surface area (Å²) >= 11 is 5.79. The average molecular weight is 386 g/mol. The third kappa shape index (κ3) is 4.35. The van der Waals surface area contributed by atoms with E-state index in [-0.39, 0.29) is 16.8 Å². The molecule has 0 fully saturated rings. The highest BCUT2D eigenvalue weighted by atomic mass is 35.5. The Balaban J connectivity index is 1.73. The minimum atomic E-state index is -1.09. The molecule has 3 rings (SSSR count). The summed E-state index contributed by atoms with van der Waals surface area (Å²) in [5, 5.41) is 3.52. The van der Waals surface area contributed by atoms with Crippen molar-refractivity contribution in [1.29, 1.82) is 0 Å². The van der Waals surface area contributed by atoms with Gasteiger partial charge in [-0.1, -0.05) is 23.2 Å². The lowest BCUT2D eigenvalue weighted by Crippen LogP contribution is -2.30. The van der Waals surface area contributed by atoms with Crippen LogP contribution in [0.5, 0.6) is 0 Å². The van der Waals surface area contributed by atoms with Crippen LogP contribution in [0.25, 0.3) is 11.0 Å². The fourth-order valence-electron chi connectivity index (χ4n) is 2.42. The van der Waals surface area contributed by atoms with E-state index in [2.05, 4.69) is 5.32 Å². The summed E-state index contributed by atoms with van der Waals surface area (Å²) in [4.78, 5) is 36.6. The predicted molar refractivity (Wildman–Crippen MR) is 102 cm³/mol. The van der Waals surface area contributed by atoms with Crippen LogP contribution in [-0.4, -0.2) is 18.0 Å². The molecule has 3 aromatic rings. The molecule has 27 heavy (non-hydrogen) atoms. The Morgan fingerprint density at radius 1 is 1.11 bits per heavy atom. The van der Waals surface area contributed by atoms with Gasteiger partial charge in [0, 0.05) is 16.8 Å². The van der Waals surface area contributed by atoms with Gasteiger partial charge in [-0.2, -0.15) is 0 Å². The Labute approximate surface area is 159 Å². The first-order chi connectivity index (χ1) is 12.8. The van der Waals surface area contributed by atoms with E-state index < -0.39 is 18.0 Å². The summed E-state index contributed by atoms with van der Waals surface area (Å²) < 4.78 is 10.6. The van der Waals surface area contributed by atoms with Crippen molar-refractivity contribution in [3.8, 4) is 0 Å². The number of aryl methyl sites for hydroxylation is 1. The van der Waals surface area contributed by atoms with Gasteiger partial charge in [-0.15, -0.1) is 0 Å². The molecule has 7 heteroatoms. The van der Waals surface area contributed by atoms with E-state index in [1.165, 1.54) is 6.92 Å². The lowest BCUT2D eigenvalue weighted by atomic mass is 10.1. The highest BCUT2D eigenvalue weighted by Gasteiger charge is 2.21. The van der Waals surface area contributed by atoms with Crippen LogP contribution in [0.4, 0.5) is 5.69 Å². The molecule has 0 unspecified atom stereocenters. The first-order valence-electron chi connectivity index (χ1n) is 8.15. The number of halogens is 1. The highest BCUT2D eigenvalue weighted by Crippen LogP contribution is 2.16. The molecule has 138 valence electrons. The number of amides is 1. The maximum atomic E-state index is 12.3. The highest BCUT2D eigenvalue weighted by molar-refractivity contribution is 6.30. The van der Waals surface area contributed by atoms with Crippen molar-refractivity contribution >= 4 is 40.1 Å². The van der Waals surface area contributed by atoms with E-state index >= 15 is 0 Å². The number of carbonyl (C=O) groups excluding carboxylic acids is 2. The molecule has 0 saturated carbocycles. The van der Waals surface area contributed by atoms with E-state index in [1.54, 1.807) is 42.5 Å². The summed E-state index contributed by atoms with van der Waals surface area (Å²) in [5.41, 5.74) is 1.33. The quantitative estimate of drug-likeness (QED) is 0.687. The summed E-state index contributed by atoms with van der Waals surface area (Å²) in [7, 11) is 0. The number of ether oxygens (including phenoxy) is 1. The van der Waals surface area contributed by atoms with Gasteiger partial charge in [0.1, 0.15) is 5.58 Å². The Kier molecular flexibility index (Phi) is 5.28. The van der Waals surface area contributed by atoms with Crippen molar-refractivity contribution in [3.05, 3.63) is 75.1 Å². The molecule has 1 amide bonds. The van der Waals surface area contributed by atoms with Crippen LogP contribution in [0.15, 0.2) is 57.7 Å². The fraction of sp³-hybridized carbons (Fsp3) is 0.150. The van der Waals surface area contributed by atoms with Crippen LogP contribution < -0.4 is 10.7 Å². The van der Waals surface area contributed by atoms with Gasteiger partial charge < -0.3 is 14.5 Å². The van der Waals surface area contributed by atoms with E-state index in [0.717, 1.165) is 11.6 Å². The van der Waals surface area contributed by atoms with Crippen LogP contribution in [0.3, 0.4) is 0 Å². The minimum absolute atomic E-state index is 0.262. The molecule has 0 aliphatic rings. The van der Waals surface area contributed by atoms with Gasteiger partial charge in [0.2, 0.25) is 5.76 Å². The predicted octanol–water partition coefficient (Wildman–Crippen LogP) is 3.94. The van der Waals surface area contributed by atoms with Crippen LogP contribution in [-0.2, 0) is 9.53 Å². The van der Waals surface area contributed by atoms with Gasteiger partial charge in [0.25, 0.3) is 5.91 Å². The molecular formula is C20H16ClNO5. The molecule has 1 N–H and O–H groups in total. The lowest BCUT2D eigenvalue weighted by molar-refractivity contribution is -0.123. The molecule has 6 nitrogen and oxygen atoms in total. The van der Waals surface area contributed by atoms with E-state index in [0.29, 0.717) is 16.1 Å². The summed E-state index contributed by atoms with van der Waals surface area (Å²) in [5.74, 6) is -1.68. The number of fused-ring (bicyclic) bond motifs is 1. The van der Waals surface area contributed by atoms with E-state index in [9.17, 15) is 14.4 Å². The maximum Gasteiger partial charge on any atom is 0.375 e. The summed E-state index contributed by atoms with van der Waals surface area (Å²) in [6.07, 6.45) is -1.09. The summed E-state index contributed by atoms with van der Waals surface area (Å²) in [6.45, 7) is 3.27. The number of hydrogen-bond acceptors (Lipinski definition) is 5. The topological polar surface area (TPSA) is 85.6 Å². The van der Waals surface area contributed by atoms with Crippen molar-refractivity contribution in [1.82, 2.24) is 0 Å². The molecule has 1 aromatic heterocycles. The smallest absolute Gasteiger partial charge is 0.375 e. The summed E-state index contributed by atoms with van der Waals surface area (Å²) in [6, 6.07) is 12.6. The van der Waals surface area contributed by atoms with Gasteiger partial charge in [0.15, 0.2) is 11.5 Å². The molecule has 1 atom stereocenters. The first kappa shape index (κ1) is 18.7. The van der Waals surface area contributed by atoms with Crippen molar-refractivity contribution < 1.29 is 18.7 Å². The molecule has 2 aromatic carbocycles. The van der Waals surface area contributed by atoms with Crippen LogP contribution in [0.1, 0.15) is 23.0 Å². The normalized spacial score (nSPS) is 11.8. The monoisotopic (exact) mass is 385 g/mol. The Bertz CT molecular complexity index is 1070. The standard InChI is InChI=1S/C20H16ClNO5/c1-11-3-8-17-15(9-11)16(23)10-18(27-17)20(25)26-12(2)19(24)22-14-6-4-13(21)5-7-14/h3-10,12H,1-2H3,(H,22,24)/t12-/m0/s1. The number of rotatable bonds is 4. The van der Waals surface area contributed by atoms with Crippen molar-refractivity contribution in [2.24, 2.45) is 0 Å². The lowest BCUT2D eigenvalue weighted by Gasteiger charge is -2.13. The zero-order valence-electron chi connectivity index (χ0n) is 14.6. The van der Waals surface area contributed by atoms with E-state index in [4.69, 9.17) is 20.8 Å². The van der Waals surface area contributed by atoms with Crippen LogP contribution >= 0.6 is 11.6 Å². The molecule has 0 bridgehead atoms. The zero-order valence-corrected chi connectivity index (χ0v) is 15.4. The van der Waals surface area contributed by atoms with Crippen LogP contribution in [0.2, 0.25) is 5.02 Å². The number of nitrogens with one attached hydrogen (secondary N) is 1. The third-order valence-corrected chi connectivity index (χ3v) is 4.10. The van der Waals surface area contributed by atoms with Crippen molar-refractivity contribution in [2.45, 2.75) is 20.0 Å². The molecule has 0 saturated heterocycles. The second kappa shape index (κ2) is 7.63. The molecule has 0 aliphatic heterocycles. The number of benzene rings is 2. The zero-order chi connectivity index (χ0) is 19.6. The molecule has 0 spiro atoms. The second-order valence-electron chi connectivity index (χ2n) is 6.02. The number of anilines is 1. The second-order valence-corrected chi connectivity index (χ2v) is 6.45. The van der Waals surface area contributed by atoms with Crippen LogP contribution in [0, 0.1) is 6.92 Å². The van der Waals surface area contributed by atoms with Gasteiger partial charge in [-0.3, -0.25) is 9.59 Å². The molecule has 0 radical (unpaired) electrons. The van der Waals surface area contributed by atoms with E-state index in [1.807, 2.05) is 6.92 Å². The third-order valence-electron chi connectivity index (χ3n) is 3.85. The number of esters is 1. The van der Waals surface area contributed by atoms with Gasteiger partial charge >= 0.3 is 5.97 Å². The fourth-order valence-corrected chi connectivity index (χ4v) is 2.55.